The molecule has 2 aromatic rings. The predicted octanol–water partition coefficient (Wildman–Crippen LogP) is 3.72. The molecule has 1 heterocycles. The van der Waals surface area contributed by atoms with Crippen molar-refractivity contribution in [1.29, 1.82) is 0 Å². The second-order valence-electron chi connectivity index (χ2n) is 5.97. The molecular formula is C19H21BrN2O. The van der Waals surface area contributed by atoms with Gasteiger partial charge in [0.2, 0.25) is 0 Å². The van der Waals surface area contributed by atoms with Gasteiger partial charge < -0.3 is 4.90 Å². The van der Waals surface area contributed by atoms with E-state index in [4.69, 9.17) is 0 Å². The summed E-state index contributed by atoms with van der Waals surface area (Å²) in [6, 6.07) is 16.2. The van der Waals surface area contributed by atoms with Crippen LogP contribution in [0.15, 0.2) is 53.0 Å². The summed E-state index contributed by atoms with van der Waals surface area (Å²) in [6.45, 7) is 6.33. The fraction of sp³-hybridized carbons (Fsp3) is 0.316. The zero-order chi connectivity index (χ0) is 16.2. The van der Waals surface area contributed by atoms with Crippen LogP contribution in [0.1, 0.15) is 21.5 Å². The van der Waals surface area contributed by atoms with Gasteiger partial charge in [-0.2, -0.15) is 0 Å². The van der Waals surface area contributed by atoms with Gasteiger partial charge in [-0.05, 0) is 30.2 Å². The molecule has 0 saturated carbocycles. The number of nitrogens with zero attached hydrogens (tertiary/aromatic N) is 2. The van der Waals surface area contributed by atoms with Crippen LogP contribution >= 0.6 is 15.9 Å². The third-order valence-electron chi connectivity index (χ3n) is 4.39. The van der Waals surface area contributed by atoms with Crippen LogP contribution in [0, 0.1) is 6.92 Å². The van der Waals surface area contributed by atoms with E-state index in [2.05, 4.69) is 39.0 Å². The third-order valence-corrected chi connectivity index (χ3v) is 5.16. The molecule has 120 valence electrons. The Labute approximate surface area is 146 Å². The van der Waals surface area contributed by atoms with Gasteiger partial charge in [0, 0.05) is 42.8 Å². The van der Waals surface area contributed by atoms with Crippen molar-refractivity contribution >= 4 is 21.8 Å². The number of piperazine rings is 1. The van der Waals surface area contributed by atoms with Gasteiger partial charge in [-0.15, -0.1) is 0 Å². The molecule has 1 fully saturated rings. The Morgan fingerprint density at radius 2 is 1.65 bits per heavy atom. The predicted molar refractivity (Wildman–Crippen MR) is 96.5 cm³/mol. The summed E-state index contributed by atoms with van der Waals surface area (Å²) in [4.78, 5) is 17.0. The van der Waals surface area contributed by atoms with Crippen molar-refractivity contribution in [1.82, 2.24) is 9.80 Å². The smallest absolute Gasteiger partial charge is 0.254 e. The number of carbonyl (C=O) groups excluding carboxylic acids is 1. The van der Waals surface area contributed by atoms with Crippen molar-refractivity contribution in [3.05, 3.63) is 69.7 Å². The molecule has 0 unspecified atom stereocenters. The molecule has 2 aromatic carbocycles. The number of rotatable bonds is 3. The third kappa shape index (κ3) is 3.82. The molecule has 0 spiro atoms. The molecule has 3 rings (SSSR count). The van der Waals surface area contributed by atoms with Crippen LogP contribution < -0.4 is 0 Å². The number of amides is 1. The highest BCUT2D eigenvalue weighted by molar-refractivity contribution is 9.10. The van der Waals surface area contributed by atoms with E-state index in [0.29, 0.717) is 0 Å². The summed E-state index contributed by atoms with van der Waals surface area (Å²) >= 11 is 3.61. The summed E-state index contributed by atoms with van der Waals surface area (Å²) in [7, 11) is 0. The summed E-state index contributed by atoms with van der Waals surface area (Å²) < 4.78 is 1.15. The van der Waals surface area contributed by atoms with Gasteiger partial charge in [-0.25, -0.2) is 0 Å². The van der Waals surface area contributed by atoms with Crippen molar-refractivity contribution in [2.75, 3.05) is 26.2 Å². The zero-order valence-electron chi connectivity index (χ0n) is 13.3. The number of halogens is 1. The second kappa shape index (κ2) is 7.28. The summed E-state index contributed by atoms with van der Waals surface area (Å²) in [5, 5.41) is 0. The largest absolute Gasteiger partial charge is 0.336 e. The maximum Gasteiger partial charge on any atom is 0.254 e. The Kier molecular flexibility index (Phi) is 5.13. The first kappa shape index (κ1) is 16.2. The normalized spacial score (nSPS) is 15.7. The molecule has 0 atom stereocenters. The van der Waals surface area contributed by atoms with Crippen molar-refractivity contribution in [2.24, 2.45) is 0 Å². The highest BCUT2D eigenvalue weighted by Gasteiger charge is 2.23. The van der Waals surface area contributed by atoms with E-state index < -0.39 is 0 Å². The van der Waals surface area contributed by atoms with E-state index in [9.17, 15) is 4.79 Å². The van der Waals surface area contributed by atoms with Crippen molar-refractivity contribution in [3.63, 3.8) is 0 Å². The Balaban J connectivity index is 1.59. The van der Waals surface area contributed by atoms with Crippen LogP contribution in [0.3, 0.4) is 0 Å². The number of hydrogen-bond donors (Lipinski definition) is 0. The monoisotopic (exact) mass is 372 g/mol. The molecule has 1 aliphatic rings. The Hall–Kier alpha value is -1.65. The molecule has 0 aromatic heterocycles. The SMILES string of the molecule is Cc1ccccc1C(=O)N1CCN(Cc2ccccc2Br)CC1. The lowest BCUT2D eigenvalue weighted by Crippen LogP contribution is -2.48. The molecule has 0 bridgehead atoms. The average Bonchev–Trinajstić information content (AvgIpc) is 2.57. The van der Waals surface area contributed by atoms with Crippen LogP contribution in [-0.4, -0.2) is 41.9 Å². The Morgan fingerprint density at radius 3 is 2.35 bits per heavy atom. The van der Waals surface area contributed by atoms with Gasteiger partial charge in [0.1, 0.15) is 0 Å². The van der Waals surface area contributed by atoms with E-state index >= 15 is 0 Å². The van der Waals surface area contributed by atoms with E-state index in [1.54, 1.807) is 0 Å². The lowest BCUT2D eigenvalue weighted by molar-refractivity contribution is 0.0627. The number of benzene rings is 2. The number of carbonyl (C=O) groups is 1. The molecule has 0 aliphatic carbocycles. The average molecular weight is 373 g/mol. The molecular weight excluding hydrogens is 352 g/mol. The van der Waals surface area contributed by atoms with Gasteiger partial charge in [0.15, 0.2) is 0 Å². The number of hydrogen-bond acceptors (Lipinski definition) is 2. The minimum absolute atomic E-state index is 0.156. The van der Waals surface area contributed by atoms with Gasteiger partial charge in [-0.3, -0.25) is 9.69 Å². The minimum Gasteiger partial charge on any atom is -0.336 e. The molecule has 1 aliphatic heterocycles. The Bertz CT molecular complexity index is 693. The maximum atomic E-state index is 12.6. The van der Waals surface area contributed by atoms with E-state index in [1.807, 2.05) is 42.2 Å². The van der Waals surface area contributed by atoms with E-state index in [1.165, 1.54) is 5.56 Å². The molecule has 4 heteroatoms. The van der Waals surface area contributed by atoms with Crippen LogP contribution in [0.4, 0.5) is 0 Å². The molecule has 0 radical (unpaired) electrons. The summed E-state index contributed by atoms with van der Waals surface area (Å²) in [5.41, 5.74) is 3.17. The molecule has 1 amide bonds. The van der Waals surface area contributed by atoms with Crippen LogP contribution in [0.2, 0.25) is 0 Å². The minimum atomic E-state index is 0.156. The quantitative estimate of drug-likeness (QED) is 0.819. The fourth-order valence-corrected chi connectivity index (χ4v) is 3.37. The van der Waals surface area contributed by atoms with Gasteiger partial charge in [-0.1, -0.05) is 52.3 Å². The molecule has 3 nitrogen and oxygen atoms in total. The summed E-state index contributed by atoms with van der Waals surface area (Å²) in [6.07, 6.45) is 0. The molecule has 1 saturated heterocycles. The Morgan fingerprint density at radius 1 is 1.00 bits per heavy atom. The maximum absolute atomic E-state index is 12.6. The van der Waals surface area contributed by atoms with E-state index in [-0.39, 0.29) is 5.91 Å². The van der Waals surface area contributed by atoms with Crippen LogP contribution in [0.25, 0.3) is 0 Å². The van der Waals surface area contributed by atoms with Crippen LogP contribution in [-0.2, 0) is 6.54 Å². The van der Waals surface area contributed by atoms with E-state index in [0.717, 1.165) is 48.3 Å². The van der Waals surface area contributed by atoms with Crippen LogP contribution in [0.5, 0.6) is 0 Å². The topological polar surface area (TPSA) is 23.6 Å². The van der Waals surface area contributed by atoms with Crippen molar-refractivity contribution < 1.29 is 4.79 Å². The first-order valence-electron chi connectivity index (χ1n) is 7.96. The van der Waals surface area contributed by atoms with Gasteiger partial charge in [0.05, 0.1) is 0 Å². The van der Waals surface area contributed by atoms with Gasteiger partial charge >= 0.3 is 0 Å². The van der Waals surface area contributed by atoms with Crippen molar-refractivity contribution in [2.45, 2.75) is 13.5 Å². The lowest BCUT2D eigenvalue weighted by atomic mass is 10.1. The first-order valence-corrected chi connectivity index (χ1v) is 8.75. The lowest BCUT2D eigenvalue weighted by Gasteiger charge is -2.35. The molecule has 23 heavy (non-hydrogen) atoms. The second-order valence-corrected chi connectivity index (χ2v) is 6.83. The first-order chi connectivity index (χ1) is 11.1. The highest BCUT2D eigenvalue weighted by atomic mass is 79.9. The highest BCUT2D eigenvalue weighted by Crippen LogP contribution is 2.19. The van der Waals surface area contributed by atoms with Gasteiger partial charge in [0.25, 0.3) is 5.91 Å². The summed E-state index contributed by atoms with van der Waals surface area (Å²) in [5.74, 6) is 0.156. The standard InChI is InChI=1S/C19H21BrN2O/c1-15-6-2-4-8-17(15)19(23)22-12-10-21(11-13-22)14-16-7-3-5-9-18(16)20/h2-9H,10-14H2,1H3. The molecule has 0 N–H and O–H groups in total. The fourth-order valence-electron chi connectivity index (χ4n) is 2.96. The zero-order valence-corrected chi connectivity index (χ0v) is 14.9. The van der Waals surface area contributed by atoms with Crippen molar-refractivity contribution in [3.8, 4) is 0 Å². The number of aryl methyl sites for hydroxylation is 1.